The molecule has 0 saturated carbocycles. The number of amides is 1. The summed E-state index contributed by atoms with van der Waals surface area (Å²) in [7, 11) is 0. The zero-order valence-corrected chi connectivity index (χ0v) is 13.1. The predicted molar refractivity (Wildman–Crippen MR) is 84.8 cm³/mol. The third kappa shape index (κ3) is 5.21. The van der Waals surface area contributed by atoms with Crippen LogP contribution in [0, 0.1) is 12.8 Å². The van der Waals surface area contributed by atoms with Crippen molar-refractivity contribution in [3.05, 3.63) is 29.3 Å². The van der Waals surface area contributed by atoms with E-state index in [0.29, 0.717) is 5.92 Å². The summed E-state index contributed by atoms with van der Waals surface area (Å²) in [4.78, 5) is 13.3. The zero-order chi connectivity index (χ0) is 15.1. The summed E-state index contributed by atoms with van der Waals surface area (Å²) < 4.78 is 0. The summed E-state index contributed by atoms with van der Waals surface area (Å²) in [6, 6.07) is 6.37. The van der Waals surface area contributed by atoms with Gasteiger partial charge in [-0.1, -0.05) is 32.9 Å². The van der Waals surface area contributed by atoms with Crippen molar-refractivity contribution in [2.45, 2.75) is 34.2 Å². The quantitative estimate of drug-likeness (QED) is 0.764. The number of hydrogen-bond donors (Lipinski definition) is 2. The predicted octanol–water partition coefficient (Wildman–Crippen LogP) is 2.05. The maximum absolute atomic E-state index is 11.3. The van der Waals surface area contributed by atoms with Crippen LogP contribution in [-0.4, -0.2) is 25.5 Å². The van der Waals surface area contributed by atoms with Gasteiger partial charge in [0, 0.05) is 18.8 Å². The molecule has 0 aliphatic heterocycles. The molecule has 0 heterocycles. The molecular formula is C16H27N3O. The van der Waals surface area contributed by atoms with E-state index >= 15 is 0 Å². The van der Waals surface area contributed by atoms with E-state index in [9.17, 15) is 4.79 Å². The number of hydrogen-bond acceptors (Lipinski definition) is 3. The van der Waals surface area contributed by atoms with Crippen molar-refractivity contribution >= 4 is 11.6 Å². The first-order chi connectivity index (χ1) is 9.43. The van der Waals surface area contributed by atoms with Crippen molar-refractivity contribution < 1.29 is 4.79 Å². The summed E-state index contributed by atoms with van der Waals surface area (Å²) in [6.45, 7) is 11.4. The smallest absolute Gasteiger partial charge is 0.236 e. The maximum Gasteiger partial charge on any atom is 0.236 e. The van der Waals surface area contributed by atoms with Crippen LogP contribution in [0.15, 0.2) is 18.2 Å². The van der Waals surface area contributed by atoms with E-state index in [2.05, 4.69) is 56.1 Å². The molecule has 0 radical (unpaired) electrons. The summed E-state index contributed by atoms with van der Waals surface area (Å²) in [5, 5.41) is 3.32. The molecule has 20 heavy (non-hydrogen) atoms. The van der Waals surface area contributed by atoms with Crippen LogP contribution in [0.4, 0.5) is 5.69 Å². The number of carbonyl (C=O) groups excluding carboxylic acids is 1. The van der Waals surface area contributed by atoms with Gasteiger partial charge in [0.25, 0.3) is 0 Å². The highest BCUT2D eigenvalue weighted by atomic mass is 16.1. The monoisotopic (exact) mass is 277 g/mol. The molecule has 0 atom stereocenters. The minimum Gasteiger partial charge on any atom is -0.368 e. The average Bonchev–Trinajstić information content (AvgIpc) is 2.34. The Kier molecular flexibility index (Phi) is 6.52. The highest BCUT2D eigenvalue weighted by Crippen LogP contribution is 2.22. The van der Waals surface area contributed by atoms with Crippen molar-refractivity contribution in [1.82, 2.24) is 5.32 Å². The lowest BCUT2D eigenvalue weighted by Gasteiger charge is -2.27. The van der Waals surface area contributed by atoms with Crippen LogP contribution in [0.1, 0.15) is 31.9 Å². The van der Waals surface area contributed by atoms with E-state index in [4.69, 9.17) is 5.73 Å². The van der Waals surface area contributed by atoms with Gasteiger partial charge in [-0.25, -0.2) is 0 Å². The molecule has 1 amide bonds. The lowest BCUT2D eigenvalue weighted by molar-refractivity contribution is -0.116. The molecule has 3 N–H and O–H groups in total. The lowest BCUT2D eigenvalue weighted by atomic mass is 10.1. The van der Waals surface area contributed by atoms with Gasteiger partial charge >= 0.3 is 0 Å². The number of carbonyl (C=O) groups is 1. The number of rotatable bonds is 8. The van der Waals surface area contributed by atoms with Crippen LogP contribution in [0.5, 0.6) is 0 Å². The van der Waals surface area contributed by atoms with Gasteiger partial charge in [0.05, 0.1) is 6.54 Å². The molecule has 0 saturated heterocycles. The van der Waals surface area contributed by atoms with Crippen LogP contribution in [0.3, 0.4) is 0 Å². The van der Waals surface area contributed by atoms with Crippen molar-refractivity contribution in [2.24, 2.45) is 11.7 Å². The molecule has 0 aromatic heterocycles. The molecule has 0 aliphatic rings. The van der Waals surface area contributed by atoms with Crippen LogP contribution in [0.25, 0.3) is 0 Å². The molecule has 1 aromatic carbocycles. The van der Waals surface area contributed by atoms with Crippen LogP contribution in [0.2, 0.25) is 0 Å². The lowest BCUT2D eigenvalue weighted by Crippen LogP contribution is -2.36. The summed E-state index contributed by atoms with van der Waals surface area (Å²) in [6.07, 6.45) is 0. The third-order valence-electron chi connectivity index (χ3n) is 3.11. The number of nitrogens with one attached hydrogen (secondary N) is 1. The van der Waals surface area contributed by atoms with Gasteiger partial charge in [0.15, 0.2) is 0 Å². The molecule has 1 aromatic rings. The van der Waals surface area contributed by atoms with Gasteiger partial charge in [0.2, 0.25) is 5.91 Å². The number of nitrogens with zero attached hydrogens (tertiary/aromatic N) is 1. The number of primary amides is 1. The van der Waals surface area contributed by atoms with Gasteiger partial charge in [-0.2, -0.15) is 0 Å². The Hall–Kier alpha value is -1.55. The van der Waals surface area contributed by atoms with E-state index in [-0.39, 0.29) is 12.5 Å². The Morgan fingerprint density at radius 2 is 2.10 bits per heavy atom. The Morgan fingerprint density at radius 1 is 1.40 bits per heavy atom. The third-order valence-corrected chi connectivity index (χ3v) is 3.11. The molecule has 0 fully saturated rings. The Balaban J connectivity index is 2.92. The topological polar surface area (TPSA) is 58.4 Å². The molecule has 4 nitrogen and oxygen atoms in total. The van der Waals surface area contributed by atoms with Gasteiger partial charge in [-0.15, -0.1) is 0 Å². The van der Waals surface area contributed by atoms with Crippen molar-refractivity contribution in [3.63, 3.8) is 0 Å². The van der Waals surface area contributed by atoms with E-state index in [1.165, 1.54) is 11.1 Å². The SMILES string of the molecule is CCNCc1ccc(N(CC(N)=O)CC(C)C)c(C)c1. The fraction of sp³-hybridized carbons (Fsp3) is 0.562. The van der Waals surface area contributed by atoms with Crippen LogP contribution >= 0.6 is 0 Å². The zero-order valence-electron chi connectivity index (χ0n) is 13.1. The number of nitrogens with two attached hydrogens (primary N) is 1. The molecule has 112 valence electrons. The Labute approximate surface area is 122 Å². The van der Waals surface area contributed by atoms with Crippen LogP contribution in [-0.2, 0) is 11.3 Å². The van der Waals surface area contributed by atoms with Crippen molar-refractivity contribution in [3.8, 4) is 0 Å². The van der Waals surface area contributed by atoms with E-state index in [1.54, 1.807) is 0 Å². The minimum atomic E-state index is -0.290. The van der Waals surface area contributed by atoms with Crippen LogP contribution < -0.4 is 16.0 Å². The second kappa shape index (κ2) is 7.90. The minimum absolute atomic E-state index is 0.269. The first-order valence-electron chi connectivity index (χ1n) is 7.27. The van der Waals surface area contributed by atoms with E-state index < -0.39 is 0 Å². The highest BCUT2D eigenvalue weighted by molar-refractivity contribution is 5.80. The van der Waals surface area contributed by atoms with Gasteiger partial charge in [0.1, 0.15) is 0 Å². The second-order valence-corrected chi connectivity index (χ2v) is 5.64. The number of benzene rings is 1. The fourth-order valence-corrected chi connectivity index (χ4v) is 2.33. The number of anilines is 1. The normalized spacial score (nSPS) is 10.8. The van der Waals surface area contributed by atoms with E-state index in [1.807, 2.05) is 0 Å². The van der Waals surface area contributed by atoms with E-state index in [0.717, 1.165) is 25.3 Å². The molecule has 4 heteroatoms. The summed E-state index contributed by atoms with van der Waals surface area (Å²) >= 11 is 0. The molecular weight excluding hydrogens is 250 g/mol. The summed E-state index contributed by atoms with van der Waals surface area (Å²) in [5.74, 6) is 0.192. The summed E-state index contributed by atoms with van der Waals surface area (Å²) in [5.41, 5.74) is 8.90. The molecule has 0 aliphatic carbocycles. The van der Waals surface area contributed by atoms with Gasteiger partial charge in [-0.05, 0) is 36.6 Å². The standard InChI is InChI=1S/C16H27N3O/c1-5-18-9-14-6-7-15(13(4)8-14)19(10-12(2)3)11-16(17)20/h6-8,12,18H,5,9-11H2,1-4H3,(H2,17,20). The fourth-order valence-electron chi connectivity index (χ4n) is 2.33. The average molecular weight is 277 g/mol. The van der Waals surface area contributed by atoms with Crippen molar-refractivity contribution in [1.29, 1.82) is 0 Å². The molecule has 0 spiro atoms. The van der Waals surface area contributed by atoms with Crippen molar-refractivity contribution in [2.75, 3.05) is 24.5 Å². The first-order valence-corrected chi connectivity index (χ1v) is 7.27. The number of aryl methyl sites for hydroxylation is 1. The molecule has 0 bridgehead atoms. The van der Waals surface area contributed by atoms with Gasteiger partial charge in [-0.3, -0.25) is 4.79 Å². The second-order valence-electron chi connectivity index (χ2n) is 5.64. The first kappa shape index (κ1) is 16.5. The molecule has 1 rings (SSSR count). The maximum atomic E-state index is 11.3. The Morgan fingerprint density at radius 3 is 2.60 bits per heavy atom. The largest absolute Gasteiger partial charge is 0.368 e. The highest BCUT2D eigenvalue weighted by Gasteiger charge is 2.13. The van der Waals surface area contributed by atoms with Gasteiger partial charge < -0.3 is 16.0 Å². The molecule has 0 unspecified atom stereocenters. The Bertz CT molecular complexity index is 443.